The van der Waals surface area contributed by atoms with Gasteiger partial charge in [0.05, 0.1) is 38.8 Å². The highest BCUT2D eigenvalue weighted by molar-refractivity contribution is 6.24. The summed E-state index contributed by atoms with van der Waals surface area (Å²) in [6, 6.07) is 68.9. The number of pyridine rings is 1. The molecule has 0 aliphatic carbocycles. The quantitative estimate of drug-likeness (QED) is 0.180. The van der Waals surface area contributed by atoms with Crippen molar-refractivity contribution in [1.29, 1.82) is 0 Å². The molecule has 5 heterocycles. The summed E-state index contributed by atoms with van der Waals surface area (Å²) >= 11 is 0. The highest BCUT2D eigenvalue weighted by Gasteiger charge is 2.23. The number of aromatic nitrogens is 6. The molecule has 274 valence electrons. The standard InChI is InChI=1S/C53H32N6/c1-3-15-33(16-4-1)50-40-22-9-11-23-43(40)55-53(56-50)58-45-25-13-10-19-37(45)41-31-34(27-29-46(41)58)35-28-30-47-42(32-35)49-38-20-7-8-21-39(38)51-54-44-24-12-14-26-48(44)59(51)52(49)57(47)36-17-5-2-6-18-36/h1-32H. The first-order valence-electron chi connectivity index (χ1n) is 20.0. The molecule has 59 heavy (non-hydrogen) atoms. The molecule has 0 aliphatic rings. The molecule has 6 nitrogen and oxygen atoms in total. The van der Waals surface area contributed by atoms with Crippen LogP contribution in [0.1, 0.15) is 0 Å². The summed E-state index contributed by atoms with van der Waals surface area (Å²) in [5, 5.41) is 8.06. The molecule has 0 radical (unpaired) electrons. The third-order valence-corrected chi connectivity index (χ3v) is 12.0. The molecule has 0 unspecified atom stereocenters. The second-order valence-corrected chi connectivity index (χ2v) is 15.2. The minimum Gasteiger partial charge on any atom is -0.295 e. The Hall–Kier alpha value is -8.09. The summed E-state index contributed by atoms with van der Waals surface area (Å²) < 4.78 is 6.99. The van der Waals surface area contributed by atoms with Gasteiger partial charge < -0.3 is 0 Å². The lowest BCUT2D eigenvalue weighted by atomic mass is 9.99. The van der Waals surface area contributed by atoms with Crippen molar-refractivity contribution in [3.8, 4) is 34.0 Å². The van der Waals surface area contributed by atoms with E-state index in [1.54, 1.807) is 0 Å². The lowest BCUT2D eigenvalue weighted by Gasteiger charge is -2.12. The Labute approximate surface area is 337 Å². The van der Waals surface area contributed by atoms with E-state index < -0.39 is 0 Å². The molecular formula is C53H32N6. The molecule has 6 heteroatoms. The van der Waals surface area contributed by atoms with Gasteiger partial charge in [-0.05, 0) is 77.2 Å². The van der Waals surface area contributed by atoms with E-state index in [0.29, 0.717) is 5.95 Å². The fraction of sp³-hybridized carbons (Fsp3) is 0. The molecule has 13 aromatic rings. The minimum atomic E-state index is 0.655. The molecule has 0 fully saturated rings. The van der Waals surface area contributed by atoms with E-state index in [1.165, 1.54) is 16.2 Å². The lowest BCUT2D eigenvalue weighted by molar-refractivity contribution is 1.01. The number of rotatable bonds is 4. The Balaban J connectivity index is 1.08. The minimum absolute atomic E-state index is 0.655. The maximum atomic E-state index is 5.29. The summed E-state index contributed by atoms with van der Waals surface area (Å²) in [6.07, 6.45) is 0. The molecule has 13 rings (SSSR count). The summed E-state index contributed by atoms with van der Waals surface area (Å²) in [5.74, 6) is 0.655. The summed E-state index contributed by atoms with van der Waals surface area (Å²) in [4.78, 5) is 15.7. The van der Waals surface area contributed by atoms with Crippen LogP contribution < -0.4 is 0 Å². The van der Waals surface area contributed by atoms with Crippen LogP contribution in [0.5, 0.6) is 0 Å². The maximum absolute atomic E-state index is 5.29. The van der Waals surface area contributed by atoms with Gasteiger partial charge in [-0.3, -0.25) is 13.5 Å². The number of imidazole rings is 1. The predicted octanol–water partition coefficient (Wildman–Crippen LogP) is 13.1. The normalized spacial score (nSPS) is 12.1. The van der Waals surface area contributed by atoms with Crippen molar-refractivity contribution in [2.75, 3.05) is 0 Å². The van der Waals surface area contributed by atoms with Crippen molar-refractivity contribution in [2.24, 2.45) is 0 Å². The van der Waals surface area contributed by atoms with E-state index in [9.17, 15) is 0 Å². The molecule has 5 aromatic heterocycles. The van der Waals surface area contributed by atoms with Crippen molar-refractivity contribution in [3.63, 3.8) is 0 Å². The van der Waals surface area contributed by atoms with E-state index in [-0.39, 0.29) is 0 Å². The van der Waals surface area contributed by atoms with Crippen LogP contribution in [0, 0.1) is 0 Å². The molecule has 0 aliphatic heterocycles. The highest BCUT2D eigenvalue weighted by Crippen LogP contribution is 2.42. The third-order valence-electron chi connectivity index (χ3n) is 12.0. The number of para-hydroxylation sites is 5. The first-order valence-corrected chi connectivity index (χ1v) is 20.0. The fourth-order valence-electron chi connectivity index (χ4n) is 9.44. The Morgan fingerprint density at radius 1 is 0.339 bits per heavy atom. The van der Waals surface area contributed by atoms with Crippen LogP contribution >= 0.6 is 0 Å². The zero-order chi connectivity index (χ0) is 38.6. The van der Waals surface area contributed by atoms with Gasteiger partial charge in [-0.2, -0.15) is 0 Å². The van der Waals surface area contributed by atoms with Crippen LogP contribution in [-0.4, -0.2) is 28.5 Å². The fourth-order valence-corrected chi connectivity index (χ4v) is 9.44. The zero-order valence-corrected chi connectivity index (χ0v) is 31.7. The van der Waals surface area contributed by atoms with Crippen molar-refractivity contribution in [3.05, 3.63) is 194 Å². The van der Waals surface area contributed by atoms with Crippen molar-refractivity contribution < 1.29 is 0 Å². The van der Waals surface area contributed by atoms with Crippen LogP contribution in [0.4, 0.5) is 0 Å². The number of benzene rings is 8. The molecule has 0 N–H and O–H groups in total. The van der Waals surface area contributed by atoms with Gasteiger partial charge in [0.2, 0.25) is 5.95 Å². The largest absolute Gasteiger partial charge is 0.295 e. The second kappa shape index (κ2) is 12.2. The van der Waals surface area contributed by atoms with Crippen LogP contribution in [0.3, 0.4) is 0 Å². The molecule has 0 bridgehead atoms. The van der Waals surface area contributed by atoms with Crippen molar-refractivity contribution >= 4 is 82.1 Å². The number of fused-ring (bicyclic) bond motifs is 14. The van der Waals surface area contributed by atoms with Gasteiger partial charge in [-0.1, -0.05) is 133 Å². The molecule has 0 amide bonds. The molecule has 0 saturated heterocycles. The maximum Gasteiger partial charge on any atom is 0.235 e. The third kappa shape index (κ3) is 4.59. The Bertz CT molecular complexity index is 3840. The predicted molar refractivity (Wildman–Crippen MR) is 243 cm³/mol. The first-order chi connectivity index (χ1) is 29.3. The van der Waals surface area contributed by atoms with E-state index in [4.69, 9.17) is 15.0 Å². The van der Waals surface area contributed by atoms with Gasteiger partial charge in [-0.15, -0.1) is 0 Å². The zero-order valence-electron chi connectivity index (χ0n) is 31.7. The molecule has 0 saturated carbocycles. The second-order valence-electron chi connectivity index (χ2n) is 15.2. The van der Waals surface area contributed by atoms with Gasteiger partial charge in [0.15, 0.2) is 0 Å². The topological polar surface area (TPSA) is 52.9 Å². The van der Waals surface area contributed by atoms with Crippen molar-refractivity contribution in [2.45, 2.75) is 0 Å². The number of hydrogen-bond donors (Lipinski definition) is 0. The van der Waals surface area contributed by atoms with E-state index in [0.717, 1.165) is 94.0 Å². The summed E-state index contributed by atoms with van der Waals surface area (Å²) in [7, 11) is 0. The van der Waals surface area contributed by atoms with Crippen molar-refractivity contribution in [1.82, 2.24) is 28.5 Å². The average molecular weight is 753 g/mol. The monoisotopic (exact) mass is 752 g/mol. The SMILES string of the molecule is c1ccc(-c2nc(-n3c4ccccc4c4cc(-c5ccc6c(c5)c5c7ccccc7c7nc8ccccc8n7c5n6-c5ccccc5)ccc43)nc3ccccc23)cc1. The smallest absolute Gasteiger partial charge is 0.235 e. The van der Waals surface area contributed by atoms with E-state index in [2.05, 4.69) is 196 Å². The van der Waals surface area contributed by atoms with Crippen LogP contribution in [0.2, 0.25) is 0 Å². The number of hydrogen-bond acceptors (Lipinski definition) is 3. The Morgan fingerprint density at radius 2 is 0.915 bits per heavy atom. The van der Waals surface area contributed by atoms with Gasteiger partial charge >= 0.3 is 0 Å². The van der Waals surface area contributed by atoms with Crippen LogP contribution in [0.15, 0.2) is 194 Å². The van der Waals surface area contributed by atoms with Gasteiger partial charge in [-0.25, -0.2) is 15.0 Å². The van der Waals surface area contributed by atoms with E-state index in [1.807, 2.05) is 12.1 Å². The van der Waals surface area contributed by atoms with E-state index >= 15 is 0 Å². The molecule has 0 atom stereocenters. The van der Waals surface area contributed by atoms with Gasteiger partial charge in [0, 0.05) is 43.6 Å². The molecule has 0 spiro atoms. The molecule has 8 aromatic carbocycles. The summed E-state index contributed by atoms with van der Waals surface area (Å²) in [6.45, 7) is 0. The number of nitrogens with zero attached hydrogens (tertiary/aromatic N) is 6. The summed E-state index contributed by atoms with van der Waals surface area (Å²) in [5.41, 5.74) is 13.7. The molecular weight excluding hydrogens is 721 g/mol. The Morgan fingerprint density at radius 3 is 1.69 bits per heavy atom. The van der Waals surface area contributed by atoms with Crippen LogP contribution in [0.25, 0.3) is 116 Å². The van der Waals surface area contributed by atoms with Gasteiger partial charge in [0.25, 0.3) is 0 Å². The van der Waals surface area contributed by atoms with Gasteiger partial charge in [0.1, 0.15) is 11.3 Å². The Kier molecular flexibility index (Phi) is 6.63. The van der Waals surface area contributed by atoms with Crippen LogP contribution in [-0.2, 0) is 0 Å². The average Bonchev–Trinajstić information content (AvgIpc) is 3.97. The first kappa shape index (κ1) is 32.0. The lowest BCUT2D eigenvalue weighted by Crippen LogP contribution is -2.03. The highest BCUT2D eigenvalue weighted by atomic mass is 15.2.